The molecular formula is C14H14N2O5. The zero-order chi connectivity index (χ0) is 15.2. The highest BCUT2D eigenvalue weighted by molar-refractivity contribution is 5.89. The molecule has 1 aromatic carbocycles. The molecule has 1 saturated carbocycles. The Balaban J connectivity index is 1.82. The predicted molar refractivity (Wildman–Crippen MR) is 74.3 cm³/mol. The predicted octanol–water partition coefficient (Wildman–Crippen LogP) is 1.43. The number of rotatable bonds is 6. The van der Waals surface area contributed by atoms with E-state index >= 15 is 0 Å². The van der Waals surface area contributed by atoms with Crippen LogP contribution in [0.2, 0.25) is 0 Å². The van der Waals surface area contributed by atoms with E-state index < -0.39 is 10.9 Å². The van der Waals surface area contributed by atoms with Crippen LogP contribution in [0.25, 0.3) is 6.08 Å². The maximum Gasteiger partial charge on any atom is 0.331 e. The highest BCUT2D eigenvalue weighted by atomic mass is 16.6. The van der Waals surface area contributed by atoms with Crippen molar-refractivity contribution in [2.45, 2.75) is 18.9 Å². The normalized spacial score (nSPS) is 13.9. The summed E-state index contributed by atoms with van der Waals surface area (Å²) in [5.41, 5.74) is 0.443. The van der Waals surface area contributed by atoms with Gasteiger partial charge in [-0.15, -0.1) is 0 Å². The fraction of sp³-hybridized carbons (Fsp3) is 0.286. The van der Waals surface area contributed by atoms with Crippen molar-refractivity contribution < 1.29 is 19.2 Å². The molecule has 0 aliphatic heterocycles. The summed E-state index contributed by atoms with van der Waals surface area (Å²) >= 11 is 0. The number of non-ortho nitro benzene ring substituents is 1. The number of benzene rings is 1. The lowest BCUT2D eigenvalue weighted by Crippen LogP contribution is -2.30. The second-order valence-electron chi connectivity index (χ2n) is 4.63. The topological polar surface area (TPSA) is 98.5 Å². The maximum atomic E-state index is 11.4. The summed E-state index contributed by atoms with van der Waals surface area (Å²) in [7, 11) is 0. The lowest BCUT2D eigenvalue weighted by Gasteiger charge is -2.02. The lowest BCUT2D eigenvalue weighted by molar-refractivity contribution is -0.384. The van der Waals surface area contributed by atoms with E-state index in [0.29, 0.717) is 5.56 Å². The molecule has 21 heavy (non-hydrogen) atoms. The van der Waals surface area contributed by atoms with Crippen molar-refractivity contribution in [1.29, 1.82) is 0 Å². The number of nitro groups is 1. The highest BCUT2D eigenvalue weighted by Gasteiger charge is 2.23. The van der Waals surface area contributed by atoms with Crippen LogP contribution in [0, 0.1) is 10.1 Å². The van der Waals surface area contributed by atoms with Crippen molar-refractivity contribution in [3.8, 4) is 0 Å². The van der Waals surface area contributed by atoms with Crippen LogP contribution < -0.4 is 5.32 Å². The van der Waals surface area contributed by atoms with Crippen LogP contribution in [0.3, 0.4) is 0 Å². The van der Waals surface area contributed by atoms with Crippen LogP contribution in [0.1, 0.15) is 18.4 Å². The highest BCUT2D eigenvalue weighted by Crippen LogP contribution is 2.18. The molecule has 7 nitrogen and oxygen atoms in total. The van der Waals surface area contributed by atoms with Gasteiger partial charge in [-0.05, 0) is 24.5 Å². The number of hydrogen-bond acceptors (Lipinski definition) is 5. The van der Waals surface area contributed by atoms with E-state index in [9.17, 15) is 19.7 Å². The number of ether oxygens (including phenoxy) is 1. The van der Waals surface area contributed by atoms with Crippen LogP contribution >= 0.6 is 0 Å². The third-order valence-electron chi connectivity index (χ3n) is 2.78. The first-order valence-corrected chi connectivity index (χ1v) is 6.43. The first-order chi connectivity index (χ1) is 10.0. The summed E-state index contributed by atoms with van der Waals surface area (Å²) < 4.78 is 4.76. The maximum absolute atomic E-state index is 11.4. The molecule has 0 atom stereocenters. The Bertz CT molecular complexity index is 593. The largest absolute Gasteiger partial charge is 0.452 e. The van der Waals surface area contributed by atoms with E-state index in [1.165, 1.54) is 24.3 Å². The first-order valence-electron chi connectivity index (χ1n) is 6.43. The van der Waals surface area contributed by atoms with Gasteiger partial charge in [0.15, 0.2) is 6.61 Å². The molecule has 0 radical (unpaired) electrons. The van der Waals surface area contributed by atoms with E-state index in [2.05, 4.69) is 5.32 Å². The van der Waals surface area contributed by atoms with Crippen molar-refractivity contribution >= 4 is 23.6 Å². The fourth-order valence-electron chi connectivity index (χ4n) is 1.59. The molecule has 0 saturated heterocycles. The van der Waals surface area contributed by atoms with Gasteiger partial charge in [0.25, 0.3) is 11.6 Å². The second-order valence-corrected chi connectivity index (χ2v) is 4.63. The van der Waals surface area contributed by atoms with Gasteiger partial charge in [0.2, 0.25) is 0 Å². The quantitative estimate of drug-likeness (QED) is 0.370. The molecule has 1 fully saturated rings. The zero-order valence-corrected chi connectivity index (χ0v) is 11.2. The Morgan fingerprint density at radius 1 is 1.43 bits per heavy atom. The van der Waals surface area contributed by atoms with Crippen LogP contribution in [-0.4, -0.2) is 29.4 Å². The zero-order valence-electron chi connectivity index (χ0n) is 11.2. The van der Waals surface area contributed by atoms with Gasteiger partial charge in [-0.1, -0.05) is 12.1 Å². The Labute approximate surface area is 120 Å². The van der Waals surface area contributed by atoms with Gasteiger partial charge in [-0.2, -0.15) is 0 Å². The third-order valence-corrected chi connectivity index (χ3v) is 2.78. The van der Waals surface area contributed by atoms with Gasteiger partial charge < -0.3 is 10.1 Å². The molecule has 2 rings (SSSR count). The third kappa shape index (κ3) is 5.06. The molecule has 0 heterocycles. The molecule has 1 amide bonds. The molecule has 1 aliphatic carbocycles. The Morgan fingerprint density at radius 2 is 2.19 bits per heavy atom. The lowest BCUT2D eigenvalue weighted by atomic mass is 10.2. The monoisotopic (exact) mass is 290 g/mol. The van der Waals surface area contributed by atoms with E-state index in [1.54, 1.807) is 6.07 Å². The van der Waals surface area contributed by atoms with E-state index in [-0.39, 0.29) is 24.2 Å². The molecule has 1 aliphatic rings. The standard InChI is InChI=1S/C14H14N2O5/c17-13(15-11-5-6-11)9-21-14(18)7-4-10-2-1-3-12(8-10)16(19)20/h1-4,7-8,11H,5-6,9H2,(H,15,17)/b7-4+. The number of carbonyl (C=O) groups is 2. The van der Waals surface area contributed by atoms with Gasteiger partial charge >= 0.3 is 5.97 Å². The molecule has 110 valence electrons. The van der Waals surface area contributed by atoms with Gasteiger partial charge in [0.1, 0.15) is 0 Å². The van der Waals surface area contributed by atoms with Crippen LogP contribution in [0.15, 0.2) is 30.3 Å². The molecular weight excluding hydrogens is 276 g/mol. The van der Waals surface area contributed by atoms with Gasteiger partial charge in [-0.3, -0.25) is 14.9 Å². The average molecular weight is 290 g/mol. The Kier molecular flexibility index (Phi) is 4.65. The number of nitro benzene ring substituents is 1. The summed E-state index contributed by atoms with van der Waals surface area (Å²) in [6.45, 7) is -0.325. The molecule has 0 unspecified atom stereocenters. The average Bonchev–Trinajstić information content (AvgIpc) is 3.27. The Morgan fingerprint density at radius 3 is 2.86 bits per heavy atom. The molecule has 0 spiro atoms. The minimum absolute atomic E-state index is 0.0608. The molecule has 1 aromatic rings. The van der Waals surface area contributed by atoms with Crippen LogP contribution in [-0.2, 0) is 14.3 Å². The summed E-state index contributed by atoms with van der Waals surface area (Å²) in [6, 6.07) is 6.06. The molecule has 0 bridgehead atoms. The minimum atomic E-state index is -0.674. The SMILES string of the molecule is O=C(COC(=O)/C=C/c1cccc([N+](=O)[O-])c1)NC1CC1. The molecule has 0 aromatic heterocycles. The molecule has 7 heteroatoms. The summed E-state index contributed by atoms with van der Waals surface area (Å²) in [5.74, 6) is -0.998. The smallest absolute Gasteiger partial charge is 0.331 e. The van der Waals surface area contributed by atoms with E-state index in [0.717, 1.165) is 18.9 Å². The summed E-state index contributed by atoms with van der Waals surface area (Å²) in [6.07, 6.45) is 4.45. The number of nitrogens with one attached hydrogen (secondary N) is 1. The van der Waals surface area contributed by atoms with Crippen molar-refractivity contribution in [2.24, 2.45) is 0 Å². The number of esters is 1. The Hall–Kier alpha value is -2.70. The number of amides is 1. The number of carbonyl (C=O) groups excluding carboxylic acids is 2. The first kappa shape index (κ1) is 14.7. The van der Waals surface area contributed by atoms with Gasteiger partial charge in [0, 0.05) is 24.3 Å². The summed E-state index contributed by atoms with van der Waals surface area (Å²) in [4.78, 5) is 32.8. The van der Waals surface area contributed by atoms with Gasteiger partial charge in [0.05, 0.1) is 4.92 Å². The van der Waals surface area contributed by atoms with Crippen LogP contribution in [0.4, 0.5) is 5.69 Å². The van der Waals surface area contributed by atoms with E-state index in [1.807, 2.05) is 0 Å². The second kappa shape index (κ2) is 6.65. The van der Waals surface area contributed by atoms with Crippen molar-refractivity contribution in [1.82, 2.24) is 5.32 Å². The summed E-state index contributed by atoms with van der Waals surface area (Å²) in [5, 5.41) is 13.3. The number of hydrogen-bond donors (Lipinski definition) is 1. The van der Waals surface area contributed by atoms with Crippen molar-refractivity contribution in [2.75, 3.05) is 6.61 Å². The van der Waals surface area contributed by atoms with Crippen molar-refractivity contribution in [3.05, 3.63) is 46.0 Å². The fourth-order valence-corrected chi connectivity index (χ4v) is 1.59. The number of nitrogens with zero attached hydrogens (tertiary/aromatic N) is 1. The minimum Gasteiger partial charge on any atom is -0.452 e. The van der Waals surface area contributed by atoms with E-state index in [4.69, 9.17) is 4.74 Å². The van der Waals surface area contributed by atoms with Gasteiger partial charge in [-0.25, -0.2) is 4.79 Å². The van der Waals surface area contributed by atoms with Crippen LogP contribution in [0.5, 0.6) is 0 Å². The molecule has 1 N–H and O–H groups in total. The van der Waals surface area contributed by atoms with Crippen molar-refractivity contribution in [3.63, 3.8) is 0 Å².